The second-order valence-electron chi connectivity index (χ2n) is 7.79. The smallest absolute Gasteiger partial charge is 0.291 e. The monoisotopic (exact) mass is 455 g/mol. The number of carbonyl (C=O) groups excluding carboxylic acids is 2. The normalized spacial score (nSPS) is 18.4. The van der Waals surface area contributed by atoms with E-state index in [9.17, 15) is 9.59 Å². The summed E-state index contributed by atoms with van der Waals surface area (Å²) in [5.74, 6) is 0.417. The SMILES string of the molecule is CC[C@@]1(C)CC(=O)c2c(ccc3oc(C(=O)Nc4ccc(Br)c(C)c4)c(C)c23)O1. The van der Waals surface area contributed by atoms with Crippen LogP contribution in [-0.2, 0) is 0 Å². The molecule has 0 fully saturated rings. The molecule has 0 unspecified atom stereocenters. The molecule has 1 amide bonds. The molecule has 150 valence electrons. The Kier molecular flexibility index (Phi) is 4.77. The van der Waals surface area contributed by atoms with Gasteiger partial charge in [-0.2, -0.15) is 0 Å². The van der Waals surface area contributed by atoms with Crippen molar-refractivity contribution < 1.29 is 18.7 Å². The largest absolute Gasteiger partial charge is 0.486 e. The molecule has 5 nitrogen and oxygen atoms in total. The molecule has 2 heterocycles. The van der Waals surface area contributed by atoms with Gasteiger partial charge in [-0.15, -0.1) is 0 Å². The van der Waals surface area contributed by atoms with Gasteiger partial charge in [-0.1, -0.05) is 22.9 Å². The summed E-state index contributed by atoms with van der Waals surface area (Å²) < 4.78 is 12.9. The highest BCUT2D eigenvalue weighted by Crippen LogP contribution is 2.41. The number of aryl methyl sites for hydroxylation is 2. The summed E-state index contributed by atoms with van der Waals surface area (Å²) in [6, 6.07) is 9.10. The first-order chi connectivity index (χ1) is 13.7. The van der Waals surface area contributed by atoms with E-state index in [0.29, 0.717) is 40.0 Å². The number of amides is 1. The van der Waals surface area contributed by atoms with E-state index in [1.807, 2.05) is 39.0 Å². The predicted molar refractivity (Wildman–Crippen MR) is 116 cm³/mol. The molecule has 0 radical (unpaired) electrons. The summed E-state index contributed by atoms with van der Waals surface area (Å²) in [4.78, 5) is 25.8. The molecule has 1 aliphatic heterocycles. The van der Waals surface area contributed by atoms with Crippen LogP contribution in [0.3, 0.4) is 0 Å². The van der Waals surface area contributed by atoms with Gasteiger partial charge in [0.15, 0.2) is 11.5 Å². The number of rotatable bonds is 3. The first-order valence-electron chi connectivity index (χ1n) is 9.58. The Bertz CT molecular complexity index is 1160. The number of nitrogens with one attached hydrogen (secondary N) is 1. The molecule has 1 aliphatic rings. The number of halogens is 1. The maximum absolute atomic E-state index is 12.9. The van der Waals surface area contributed by atoms with Crippen molar-refractivity contribution >= 4 is 44.3 Å². The van der Waals surface area contributed by atoms with Crippen molar-refractivity contribution in [2.24, 2.45) is 0 Å². The number of Topliss-reactive ketones (excluding diaryl/α,β-unsaturated/α-hetero) is 1. The van der Waals surface area contributed by atoms with Gasteiger partial charge in [0, 0.05) is 21.1 Å². The van der Waals surface area contributed by atoms with Gasteiger partial charge in [-0.3, -0.25) is 9.59 Å². The van der Waals surface area contributed by atoms with Gasteiger partial charge in [-0.05, 0) is 63.1 Å². The van der Waals surface area contributed by atoms with Crippen molar-refractivity contribution in [1.82, 2.24) is 0 Å². The molecule has 1 aromatic heterocycles. The average Bonchev–Trinajstić information content (AvgIpc) is 3.01. The molecular weight excluding hydrogens is 434 g/mol. The third-order valence-electron chi connectivity index (χ3n) is 5.60. The molecule has 29 heavy (non-hydrogen) atoms. The van der Waals surface area contributed by atoms with Crippen LogP contribution in [0.2, 0.25) is 0 Å². The van der Waals surface area contributed by atoms with Crippen LogP contribution in [0.25, 0.3) is 11.0 Å². The summed E-state index contributed by atoms with van der Waals surface area (Å²) in [5, 5.41) is 3.53. The maximum atomic E-state index is 12.9. The molecule has 2 aromatic carbocycles. The topological polar surface area (TPSA) is 68.5 Å². The summed E-state index contributed by atoms with van der Waals surface area (Å²) in [6.45, 7) is 7.70. The van der Waals surface area contributed by atoms with Crippen molar-refractivity contribution in [3.05, 3.63) is 57.3 Å². The fourth-order valence-electron chi connectivity index (χ4n) is 3.74. The highest BCUT2D eigenvalue weighted by Gasteiger charge is 2.37. The Labute approximate surface area is 177 Å². The summed E-state index contributed by atoms with van der Waals surface area (Å²) in [7, 11) is 0. The molecule has 1 atom stereocenters. The fraction of sp³-hybridized carbons (Fsp3) is 0.304. The van der Waals surface area contributed by atoms with Crippen molar-refractivity contribution in [3.8, 4) is 5.75 Å². The molecular formula is C23H22BrNO4. The number of anilines is 1. The van der Waals surface area contributed by atoms with Crippen molar-refractivity contribution in [2.45, 2.75) is 46.1 Å². The average molecular weight is 456 g/mol. The van der Waals surface area contributed by atoms with Crippen LogP contribution in [0.1, 0.15) is 58.7 Å². The molecule has 3 aromatic rings. The Morgan fingerprint density at radius 1 is 1.24 bits per heavy atom. The van der Waals surface area contributed by atoms with Crippen LogP contribution in [-0.4, -0.2) is 17.3 Å². The fourth-order valence-corrected chi connectivity index (χ4v) is 3.98. The van der Waals surface area contributed by atoms with E-state index in [-0.39, 0.29) is 17.5 Å². The second kappa shape index (κ2) is 7.02. The third kappa shape index (κ3) is 3.35. The van der Waals surface area contributed by atoms with Gasteiger partial charge in [0.1, 0.15) is 16.9 Å². The van der Waals surface area contributed by atoms with Crippen LogP contribution < -0.4 is 10.1 Å². The molecule has 0 bridgehead atoms. The molecule has 0 saturated heterocycles. The number of carbonyl (C=O) groups is 2. The zero-order valence-corrected chi connectivity index (χ0v) is 18.4. The number of ketones is 1. The van der Waals surface area contributed by atoms with Crippen LogP contribution in [0.4, 0.5) is 5.69 Å². The number of hydrogen-bond acceptors (Lipinski definition) is 4. The Balaban J connectivity index is 1.75. The number of hydrogen-bond donors (Lipinski definition) is 1. The molecule has 4 rings (SSSR count). The maximum Gasteiger partial charge on any atom is 0.291 e. The minimum atomic E-state index is -0.505. The van der Waals surface area contributed by atoms with Crippen LogP contribution >= 0.6 is 15.9 Å². The van der Waals surface area contributed by atoms with Gasteiger partial charge in [0.25, 0.3) is 5.91 Å². The molecule has 6 heteroatoms. The van der Waals surface area contributed by atoms with Gasteiger partial charge < -0.3 is 14.5 Å². The number of ether oxygens (including phenoxy) is 1. The van der Waals surface area contributed by atoms with Crippen LogP contribution in [0.15, 0.2) is 39.2 Å². The first-order valence-corrected chi connectivity index (χ1v) is 10.4. The minimum Gasteiger partial charge on any atom is -0.486 e. The standard InChI is InChI=1S/C23H22BrNO4/c1-5-23(4)11-16(26)20-18(29-23)9-8-17-19(20)13(3)21(28-17)22(27)25-14-6-7-15(24)12(2)10-14/h6-10H,5,11H2,1-4H3,(H,25,27)/t23-/m0/s1. The zero-order chi connectivity index (χ0) is 20.9. The highest BCUT2D eigenvalue weighted by atomic mass is 79.9. The van der Waals surface area contributed by atoms with Crippen molar-refractivity contribution in [3.63, 3.8) is 0 Å². The van der Waals surface area contributed by atoms with Gasteiger partial charge in [0.2, 0.25) is 0 Å². The van der Waals surface area contributed by atoms with E-state index in [4.69, 9.17) is 9.15 Å². The second-order valence-corrected chi connectivity index (χ2v) is 8.65. The van der Waals surface area contributed by atoms with Crippen LogP contribution in [0.5, 0.6) is 5.75 Å². The van der Waals surface area contributed by atoms with Gasteiger partial charge in [-0.25, -0.2) is 0 Å². The number of furan rings is 1. The number of benzene rings is 2. The first kappa shape index (κ1) is 19.7. The lowest BCUT2D eigenvalue weighted by Gasteiger charge is -2.34. The van der Waals surface area contributed by atoms with Crippen LogP contribution in [0, 0.1) is 13.8 Å². The molecule has 1 N–H and O–H groups in total. The Morgan fingerprint density at radius 2 is 2.00 bits per heavy atom. The van der Waals surface area contributed by atoms with Gasteiger partial charge >= 0.3 is 0 Å². The third-order valence-corrected chi connectivity index (χ3v) is 6.49. The predicted octanol–water partition coefficient (Wildman–Crippen LogP) is 6.20. The van der Waals surface area contributed by atoms with E-state index in [2.05, 4.69) is 21.2 Å². The van der Waals surface area contributed by atoms with E-state index in [1.165, 1.54) is 0 Å². The quantitative estimate of drug-likeness (QED) is 0.510. The summed E-state index contributed by atoms with van der Waals surface area (Å²) in [5.41, 5.74) is 2.84. The molecule has 0 aliphatic carbocycles. The van der Waals surface area contributed by atoms with E-state index < -0.39 is 5.60 Å². The van der Waals surface area contributed by atoms with E-state index >= 15 is 0 Å². The summed E-state index contributed by atoms with van der Waals surface area (Å²) >= 11 is 3.45. The lowest BCUT2D eigenvalue weighted by molar-refractivity contribution is 0.0503. The lowest BCUT2D eigenvalue weighted by atomic mass is 9.87. The molecule has 0 saturated carbocycles. The van der Waals surface area contributed by atoms with E-state index in [1.54, 1.807) is 19.1 Å². The van der Waals surface area contributed by atoms with Crippen molar-refractivity contribution in [1.29, 1.82) is 0 Å². The Morgan fingerprint density at radius 3 is 2.69 bits per heavy atom. The molecule has 0 spiro atoms. The summed E-state index contributed by atoms with van der Waals surface area (Å²) in [6.07, 6.45) is 1.04. The lowest BCUT2D eigenvalue weighted by Crippen LogP contribution is -2.38. The van der Waals surface area contributed by atoms with Gasteiger partial charge in [0.05, 0.1) is 12.0 Å². The minimum absolute atomic E-state index is 0.0144. The van der Waals surface area contributed by atoms with Crippen molar-refractivity contribution in [2.75, 3.05) is 5.32 Å². The Hall–Kier alpha value is -2.60. The highest BCUT2D eigenvalue weighted by molar-refractivity contribution is 9.10. The van der Waals surface area contributed by atoms with E-state index in [0.717, 1.165) is 16.5 Å². The zero-order valence-electron chi connectivity index (χ0n) is 16.8. The number of fused-ring (bicyclic) bond motifs is 3.